The maximum Gasteiger partial charge on any atom is 0.169 e. The minimum absolute atomic E-state index is 0.139. The first-order valence-electron chi connectivity index (χ1n) is 6.42. The molecule has 0 spiro atoms. The number of halogens is 1. The number of hydrogen-bond acceptors (Lipinski definition) is 3. The van der Waals surface area contributed by atoms with Gasteiger partial charge in [-0.3, -0.25) is 4.40 Å². The summed E-state index contributed by atoms with van der Waals surface area (Å²) in [6.45, 7) is 6.58. The van der Waals surface area contributed by atoms with Gasteiger partial charge >= 0.3 is 0 Å². The lowest BCUT2D eigenvalue weighted by molar-refractivity contribution is 0.590. The van der Waals surface area contributed by atoms with Gasteiger partial charge in [-0.25, -0.2) is 4.98 Å². The van der Waals surface area contributed by atoms with Crippen molar-refractivity contribution in [1.82, 2.24) is 19.6 Å². The molecule has 1 aromatic carbocycles. The molecule has 20 heavy (non-hydrogen) atoms. The van der Waals surface area contributed by atoms with Gasteiger partial charge in [-0.05, 0) is 11.0 Å². The molecule has 0 bridgehead atoms. The summed E-state index contributed by atoms with van der Waals surface area (Å²) in [5.41, 5.74) is 3.13. The van der Waals surface area contributed by atoms with E-state index in [1.807, 2.05) is 4.40 Å². The van der Waals surface area contributed by atoms with Gasteiger partial charge in [0.05, 0.1) is 0 Å². The molecular weight excluding hydrogens is 272 g/mol. The van der Waals surface area contributed by atoms with Crippen LogP contribution in [0.4, 0.5) is 0 Å². The van der Waals surface area contributed by atoms with Crippen LogP contribution in [-0.2, 0) is 5.41 Å². The number of rotatable bonds is 1. The van der Waals surface area contributed by atoms with Crippen molar-refractivity contribution in [2.75, 3.05) is 0 Å². The average Bonchev–Trinajstić information content (AvgIpc) is 2.80. The van der Waals surface area contributed by atoms with E-state index >= 15 is 0 Å². The standard InChI is InChI=1S/C15H15ClN4/c1-15(2,3)11-6-4-10(5-7-11)14-19-18-13-8-12(16)17-9-20(13)14/h4-9H,1-3H3. The molecule has 4 nitrogen and oxygen atoms in total. The Bertz CT molecular complexity index is 754. The van der Waals surface area contributed by atoms with E-state index < -0.39 is 0 Å². The summed E-state index contributed by atoms with van der Waals surface area (Å²) >= 11 is 5.85. The molecule has 0 atom stereocenters. The molecule has 0 unspecified atom stereocenters. The van der Waals surface area contributed by atoms with Crippen LogP contribution in [0.1, 0.15) is 26.3 Å². The largest absolute Gasteiger partial charge is 0.265 e. The summed E-state index contributed by atoms with van der Waals surface area (Å²) in [4.78, 5) is 4.07. The van der Waals surface area contributed by atoms with Crippen LogP contribution in [0.2, 0.25) is 5.15 Å². The molecule has 0 aliphatic carbocycles. The van der Waals surface area contributed by atoms with Gasteiger partial charge in [0.25, 0.3) is 0 Å². The highest BCUT2D eigenvalue weighted by atomic mass is 35.5. The predicted molar refractivity (Wildman–Crippen MR) is 79.9 cm³/mol. The van der Waals surface area contributed by atoms with Gasteiger partial charge in [0.2, 0.25) is 0 Å². The van der Waals surface area contributed by atoms with Crippen molar-refractivity contribution >= 4 is 17.2 Å². The van der Waals surface area contributed by atoms with Gasteiger partial charge < -0.3 is 0 Å². The van der Waals surface area contributed by atoms with E-state index in [4.69, 9.17) is 11.6 Å². The molecule has 3 aromatic rings. The van der Waals surface area contributed by atoms with Crippen molar-refractivity contribution in [3.8, 4) is 11.4 Å². The Labute approximate surface area is 122 Å². The third-order valence-electron chi connectivity index (χ3n) is 3.28. The topological polar surface area (TPSA) is 43.1 Å². The van der Waals surface area contributed by atoms with Crippen molar-refractivity contribution in [3.05, 3.63) is 47.4 Å². The summed E-state index contributed by atoms with van der Waals surface area (Å²) in [5, 5.41) is 8.74. The molecule has 0 aliphatic rings. The van der Waals surface area contributed by atoms with E-state index in [1.165, 1.54) is 5.56 Å². The van der Waals surface area contributed by atoms with E-state index in [1.54, 1.807) is 12.4 Å². The Kier molecular flexibility index (Phi) is 2.98. The molecule has 5 heteroatoms. The average molecular weight is 287 g/mol. The zero-order chi connectivity index (χ0) is 14.3. The lowest BCUT2D eigenvalue weighted by Gasteiger charge is -2.18. The molecule has 0 amide bonds. The quantitative estimate of drug-likeness (QED) is 0.640. The van der Waals surface area contributed by atoms with Crippen LogP contribution in [0, 0.1) is 0 Å². The van der Waals surface area contributed by atoms with Crippen molar-refractivity contribution in [2.24, 2.45) is 0 Å². The smallest absolute Gasteiger partial charge is 0.169 e. The molecule has 3 rings (SSSR count). The van der Waals surface area contributed by atoms with Crippen LogP contribution >= 0.6 is 11.6 Å². The Morgan fingerprint density at radius 3 is 2.40 bits per heavy atom. The van der Waals surface area contributed by atoms with E-state index in [0.29, 0.717) is 10.8 Å². The molecule has 0 saturated carbocycles. The Hall–Kier alpha value is -1.94. The number of hydrogen-bond donors (Lipinski definition) is 0. The lowest BCUT2D eigenvalue weighted by Crippen LogP contribution is -2.10. The number of aromatic nitrogens is 4. The lowest BCUT2D eigenvalue weighted by atomic mass is 9.87. The fraction of sp³-hybridized carbons (Fsp3) is 0.267. The van der Waals surface area contributed by atoms with Gasteiger partial charge in [0.15, 0.2) is 11.5 Å². The third kappa shape index (κ3) is 2.27. The van der Waals surface area contributed by atoms with E-state index in [2.05, 4.69) is 60.2 Å². The second kappa shape index (κ2) is 4.56. The molecule has 2 heterocycles. The first kappa shape index (κ1) is 13.1. The number of nitrogens with zero attached hydrogens (tertiary/aromatic N) is 4. The second-order valence-corrected chi connectivity index (χ2v) is 6.18. The van der Waals surface area contributed by atoms with E-state index in [0.717, 1.165) is 11.4 Å². The van der Waals surface area contributed by atoms with Crippen molar-refractivity contribution in [2.45, 2.75) is 26.2 Å². The molecule has 2 aromatic heterocycles. The maximum atomic E-state index is 5.85. The van der Waals surface area contributed by atoms with Gasteiger partial charge in [0.1, 0.15) is 11.5 Å². The predicted octanol–water partition coefficient (Wildman–Crippen LogP) is 3.74. The fourth-order valence-corrected chi connectivity index (χ4v) is 2.23. The van der Waals surface area contributed by atoms with Crippen LogP contribution in [0.25, 0.3) is 17.0 Å². The first-order valence-corrected chi connectivity index (χ1v) is 6.80. The summed E-state index contributed by atoms with van der Waals surface area (Å²) in [6, 6.07) is 10.1. The molecular formula is C15H15ClN4. The zero-order valence-corrected chi connectivity index (χ0v) is 12.4. The minimum Gasteiger partial charge on any atom is -0.265 e. The van der Waals surface area contributed by atoms with Gasteiger partial charge in [0, 0.05) is 11.6 Å². The van der Waals surface area contributed by atoms with Crippen LogP contribution in [0.5, 0.6) is 0 Å². The monoisotopic (exact) mass is 286 g/mol. The zero-order valence-electron chi connectivity index (χ0n) is 11.6. The molecule has 0 radical (unpaired) electrons. The van der Waals surface area contributed by atoms with E-state index in [9.17, 15) is 0 Å². The SMILES string of the molecule is CC(C)(C)c1ccc(-c2nnc3cc(Cl)ncn23)cc1. The maximum absolute atomic E-state index is 5.85. The Morgan fingerprint density at radius 2 is 1.75 bits per heavy atom. The van der Waals surface area contributed by atoms with Crippen LogP contribution in [0.15, 0.2) is 36.7 Å². The van der Waals surface area contributed by atoms with Gasteiger partial charge in [-0.15, -0.1) is 10.2 Å². The molecule has 0 fully saturated rings. The van der Waals surface area contributed by atoms with Crippen molar-refractivity contribution in [1.29, 1.82) is 0 Å². The second-order valence-electron chi connectivity index (χ2n) is 5.79. The summed E-state index contributed by atoms with van der Waals surface area (Å²) in [5.74, 6) is 0.768. The van der Waals surface area contributed by atoms with Crippen LogP contribution in [-0.4, -0.2) is 19.6 Å². The number of fused-ring (bicyclic) bond motifs is 1. The Morgan fingerprint density at radius 1 is 1.05 bits per heavy atom. The van der Waals surface area contributed by atoms with Gasteiger partial charge in [-0.2, -0.15) is 0 Å². The summed E-state index contributed by atoms with van der Waals surface area (Å²) in [6.07, 6.45) is 1.64. The van der Waals surface area contributed by atoms with Crippen molar-refractivity contribution in [3.63, 3.8) is 0 Å². The van der Waals surface area contributed by atoms with E-state index in [-0.39, 0.29) is 5.41 Å². The Balaban J connectivity index is 2.07. The normalized spacial score (nSPS) is 12.0. The first-order chi connectivity index (χ1) is 9.45. The summed E-state index contributed by atoms with van der Waals surface area (Å²) < 4.78 is 1.83. The molecule has 0 saturated heterocycles. The molecule has 0 aliphatic heterocycles. The highest BCUT2D eigenvalue weighted by Crippen LogP contribution is 2.25. The third-order valence-corrected chi connectivity index (χ3v) is 3.48. The van der Waals surface area contributed by atoms with Gasteiger partial charge in [-0.1, -0.05) is 56.6 Å². The van der Waals surface area contributed by atoms with Crippen molar-refractivity contribution < 1.29 is 0 Å². The fourth-order valence-electron chi connectivity index (χ4n) is 2.09. The highest BCUT2D eigenvalue weighted by molar-refractivity contribution is 6.29. The summed E-state index contributed by atoms with van der Waals surface area (Å²) in [7, 11) is 0. The minimum atomic E-state index is 0.139. The van der Waals surface area contributed by atoms with Crippen LogP contribution in [0.3, 0.4) is 0 Å². The number of benzene rings is 1. The highest BCUT2D eigenvalue weighted by Gasteiger charge is 2.14. The molecule has 0 N–H and O–H groups in total. The van der Waals surface area contributed by atoms with Crippen LogP contribution < -0.4 is 0 Å². The molecule has 102 valence electrons.